The second kappa shape index (κ2) is 9.74. The quantitative estimate of drug-likeness (QED) is 0.377. The van der Waals surface area contributed by atoms with E-state index < -0.39 is 29.9 Å². The van der Waals surface area contributed by atoms with Crippen LogP contribution in [0.15, 0.2) is 70.2 Å². The molecule has 0 unspecified atom stereocenters. The fraction of sp³-hybridized carbons (Fsp3) is 0.240. The molecule has 2 atom stereocenters. The molecule has 2 amide bonds. The van der Waals surface area contributed by atoms with E-state index in [1.807, 2.05) is 4.90 Å². The summed E-state index contributed by atoms with van der Waals surface area (Å²) in [4.78, 5) is 32.8. The molecule has 5 heterocycles. The molecular formula is C25H22F3N7O3. The predicted molar refractivity (Wildman–Crippen MR) is 135 cm³/mol. The number of rotatable bonds is 5. The van der Waals surface area contributed by atoms with Gasteiger partial charge in [0.05, 0.1) is 35.3 Å². The third-order valence-electron chi connectivity index (χ3n) is 6.24. The normalized spacial score (nSPS) is 19.4. The highest BCUT2D eigenvalue weighted by molar-refractivity contribution is 6.04. The van der Waals surface area contributed by atoms with Crippen molar-refractivity contribution >= 4 is 35.6 Å². The molecule has 1 fully saturated rings. The molecule has 196 valence electrons. The van der Waals surface area contributed by atoms with Gasteiger partial charge in [-0.25, -0.2) is 19.7 Å². The Balaban J connectivity index is 1.49. The number of anilines is 3. The van der Waals surface area contributed by atoms with Crippen molar-refractivity contribution in [2.24, 2.45) is 4.99 Å². The van der Waals surface area contributed by atoms with Crippen molar-refractivity contribution in [3.05, 3.63) is 66.5 Å². The van der Waals surface area contributed by atoms with Gasteiger partial charge >= 0.3 is 12.2 Å². The van der Waals surface area contributed by atoms with Crippen molar-refractivity contribution in [3.8, 4) is 11.5 Å². The number of hydrogen-bond donors (Lipinski definition) is 2. The van der Waals surface area contributed by atoms with E-state index >= 15 is 0 Å². The minimum atomic E-state index is -4.63. The van der Waals surface area contributed by atoms with Gasteiger partial charge in [-0.1, -0.05) is 6.07 Å². The molecule has 5 rings (SSSR count). The first-order chi connectivity index (χ1) is 18.2. The third kappa shape index (κ3) is 4.75. The Morgan fingerprint density at radius 1 is 1.26 bits per heavy atom. The summed E-state index contributed by atoms with van der Waals surface area (Å²) in [7, 11) is 0. The molecule has 1 saturated heterocycles. The van der Waals surface area contributed by atoms with E-state index in [1.54, 1.807) is 30.3 Å². The molecule has 0 aliphatic carbocycles. The van der Waals surface area contributed by atoms with Crippen molar-refractivity contribution in [1.29, 1.82) is 0 Å². The van der Waals surface area contributed by atoms with Crippen molar-refractivity contribution in [2.75, 3.05) is 28.2 Å². The summed E-state index contributed by atoms with van der Waals surface area (Å²) in [5.41, 5.74) is 0.469. The molecule has 10 nitrogen and oxygen atoms in total. The van der Waals surface area contributed by atoms with Gasteiger partial charge in [0.25, 0.3) is 0 Å². The summed E-state index contributed by atoms with van der Waals surface area (Å²) in [6.07, 6.45) is -1.19. The molecule has 2 N–H and O–H groups in total. The number of nitrogens with one attached hydrogen (secondary N) is 1. The van der Waals surface area contributed by atoms with Gasteiger partial charge in [0.2, 0.25) is 0 Å². The van der Waals surface area contributed by atoms with Crippen LogP contribution in [0.5, 0.6) is 0 Å². The Kier molecular flexibility index (Phi) is 6.45. The maximum atomic E-state index is 13.5. The smallest absolute Gasteiger partial charge is 0.417 e. The molecule has 3 aromatic rings. The van der Waals surface area contributed by atoms with E-state index in [0.29, 0.717) is 29.9 Å². The Hall–Kier alpha value is -4.52. The molecule has 3 aromatic heterocycles. The van der Waals surface area contributed by atoms with E-state index in [2.05, 4.69) is 32.0 Å². The van der Waals surface area contributed by atoms with Gasteiger partial charge < -0.3 is 14.4 Å². The first kappa shape index (κ1) is 25.1. The third-order valence-corrected chi connectivity index (χ3v) is 6.24. The minimum absolute atomic E-state index is 0.204. The summed E-state index contributed by atoms with van der Waals surface area (Å²) in [6.45, 7) is 5.23. The first-order valence-electron chi connectivity index (χ1n) is 11.5. The van der Waals surface area contributed by atoms with Crippen molar-refractivity contribution in [1.82, 2.24) is 15.0 Å². The highest BCUT2D eigenvalue weighted by Gasteiger charge is 2.45. The van der Waals surface area contributed by atoms with Crippen molar-refractivity contribution in [2.45, 2.75) is 25.2 Å². The van der Waals surface area contributed by atoms with E-state index in [9.17, 15) is 23.1 Å². The number of urea groups is 1. The zero-order valence-electron chi connectivity index (χ0n) is 20.1. The SMILES string of the molecule is C=N/C=C(\C=C(/C)c1ccc2c(n1)N(C(=O)Nc1cccc(-c3cnco3)n1)[C@@H]1CN2C[C@H]1O)C(F)(F)F. The van der Waals surface area contributed by atoms with Crippen LogP contribution in [0.2, 0.25) is 0 Å². The molecule has 0 aromatic carbocycles. The van der Waals surface area contributed by atoms with Crippen LogP contribution < -0.4 is 15.1 Å². The first-order valence-corrected chi connectivity index (χ1v) is 11.5. The van der Waals surface area contributed by atoms with Crippen LogP contribution in [0, 0.1) is 0 Å². The topological polar surface area (TPSA) is 120 Å². The average molecular weight is 525 g/mol. The lowest BCUT2D eigenvalue weighted by Gasteiger charge is -2.36. The summed E-state index contributed by atoms with van der Waals surface area (Å²) < 4.78 is 45.4. The number of alkyl halides is 3. The lowest BCUT2D eigenvalue weighted by molar-refractivity contribution is -0.0883. The Morgan fingerprint density at radius 3 is 2.79 bits per heavy atom. The lowest BCUT2D eigenvalue weighted by atomic mass is 10.1. The van der Waals surface area contributed by atoms with Crippen LogP contribution in [-0.2, 0) is 0 Å². The minimum Gasteiger partial charge on any atom is -0.442 e. The Bertz CT molecular complexity index is 1440. The standard InChI is InChI=1S/C25H22F3N7O3/c1-14(8-15(9-29-2)25(26,27)28)16-6-7-18-23(32-16)35(19-11-34(18)12-20(19)36)24(37)33-22-5-3-4-17(31-22)21-10-30-13-38-21/h3-10,13,19-20,36H,2,11-12H2,1H3,(H,31,33,37)/b14-8+,15-9+/t19-,20-/m1/s1. The fourth-order valence-corrected chi connectivity index (χ4v) is 4.46. The maximum absolute atomic E-state index is 13.5. The number of hydrogen-bond acceptors (Lipinski definition) is 8. The fourth-order valence-electron chi connectivity index (χ4n) is 4.46. The van der Waals surface area contributed by atoms with E-state index in [-0.39, 0.29) is 29.4 Å². The van der Waals surface area contributed by atoms with Gasteiger partial charge in [-0.15, -0.1) is 0 Å². The molecule has 2 bridgehead atoms. The molecule has 2 aliphatic rings. The maximum Gasteiger partial charge on any atom is 0.417 e. The van der Waals surface area contributed by atoms with Gasteiger partial charge in [0, 0.05) is 19.3 Å². The van der Waals surface area contributed by atoms with Crippen molar-refractivity contribution in [3.63, 3.8) is 0 Å². The number of amides is 2. The molecule has 0 radical (unpaired) electrons. The number of oxazole rings is 1. The molecule has 2 aliphatic heterocycles. The number of halogens is 3. The summed E-state index contributed by atoms with van der Waals surface area (Å²) in [5.74, 6) is 0.856. The Morgan fingerprint density at radius 2 is 2.08 bits per heavy atom. The number of fused-ring (bicyclic) bond motifs is 4. The van der Waals surface area contributed by atoms with Crippen LogP contribution in [0.25, 0.3) is 17.0 Å². The molecule has 0 saturated carbocycles. The predicted octanol–water partition coefficient (Wildman–Crippen LogP) is 4.28. The molecular weight excluding hydrogens is 503 g/mol. The number of carbonyl (C=O) groups is 1. The second-order valence-electron chi connectivity index (χ2n) is 8.74. The van der Waals surface area contributed by atoms with Crippen LogP contribution in [0.1, 0.15) is 12.6 Å². The number of aliphatic hydroxyl groups excluding tert-OH is 1. The second-order valence-corrected chi connectivity index (χ2v) is 8.74. The number of pyridine rings is 2. The van der Waals surface area contributed by atoms with Crippen LogP contribution in [0.3, 0.4) is 0 Å². The molecule has 13 heteroatoms. The molecule has 38 heavy (non-hydrogen) atoms. The zero-order valence-corrected chi connectivity index (χ0v) is 20.1. The van der Waals surface area contributed by atoms with Gasteiger partial charge in [-0.2, -0.15) is 13.2 Å². The summed E-state index contributed by atoms with van der Waals surface area (Å²) in [5, 5.41) is 13.4. The van der Waals surface area contributed by atoms with Crippen LogP contribution in [0.4, 0.5) is 35.3 Å². The number of aliphatic imine (C=N–C) groups is 1. The lowest BCUT2D eigenvalue weighted by Crippen LogP contribution is -2.51. The zero-order chi connectivity index (χ0) is 27.0. The summed E-state index contributed by atoms with van der Waals surface area (Å²) >= 11 is 0. The number of aliphatic hydroxyl groups is 1. The van der Waals surface area contributed by atoms with E-state index in [0.717, 1.165) is 6.08 Å². The monoisotopic (exact) mass is 525 g/mol. The number of aromatic nitrogens is 3. The highest BCUT2D eigenvalue weighted by atomic mass is 19.4. The largest absolute Gasteiger partial charge is 0.442 e. The molecule has 0 spiro atoms. The number of allylic oxidation sites excluding steroid dienone is 3. The van der Waals surface area contributed by atoms with Crippen LogP contribution >= 0.6 is 0 Å². The van der Waals surface area contributed by atoms with Gasteiger partial charge in [0.1, 0.15) is 11.5 Å². The van der Waals surface area contributed by atoms with Crippen molar-refractivity contribution < 1.29 is 27.5 Å². The van der Waals surface area contributed by atoms with Gasteiger partial charge in [0.15, 0.2) is 18.0 Å². The van der Waals surface area contributed by atoms with E-state index in [1.165, 1.54) is 24.4 Å². The average Bonchev–Trinajstić information content (AvgIpc) is 3.52. The van der Waals surface area contributed by atoms with Crippen LogP contribution in [-0.4, -0.2) is 64.2 Å². The number of carbonyl (C=O) groups excluding carboxylic acids is 1. The highest BCUT2D eigenvalue weighted by Crippen LogP contribution is 2.40. The van der Waals surface area contributed by atoms with Gasteiger partial charge in [-0.3, -0.25) is 15.2 Å². The summed E-state index contributed by atoms with van der Waals surface area (Å²) in [6, 6.07) is 7.00. The van der Waals surface area contributed by atoms with E-state index in [4.69, 9.17) is 4.42 Å². The Labute approximate surface area is 214 Å². The van der Waals surface area contributed by atoms with Gasteiger partial charge in [-0.05, 0) is 49.6 Å². The number of nitrogens with zero attached hydrogens (tertiary/aromatic N) is 6.